The van der Waals surface area contributed by atoms with Crippen molar-refractivity contribution in [3.63, 3.8) is 0 Å². The van der Waals surface area contributed by atoms with E-state index < -0.39 is 0 Å². The molecule has 0 spiro atoms. The van der Waals surface area contributed by atoms with Crippen molar-refractivity contribution < 1.29 is 4.79 Å². The summed E-state index contributed by atoms with van der Waals surface area (Å²) in [4.78, 5) is 10.0. The quantitative estimate of drug-likeness (QED) is 0.432. The van der Waals surface area contributed by atoms with Gasteiger partial charge >= 0.3 is 0 Å². The number of aldehydes is 1. The first-order valence-corrected chi connectivity index (χ1v) is 4.02. The summed E-state index contributed by atoms with van der Waals surface area (Å²) in [5.41, 5.74) is 0. The van der Waals surface area contributed by atoms with Gasteiger partial charge in [-0.15, -0.1) is 0 Å². The van der Waals surface area contributed by atoms with Crippen LogP contribution in [0.2, 0.25) is 0 Å². The molecular formula is C9H14O. The van der Waals surface area contributed by atoms with Crippen LogP contribution in [0.4, 0.5) is 0 Å². The number of carbonyl (C=O) groups is 1. The van der Waals surface area contributed by atoms with Crippen LogP contribution < -0.4 is 0 Å². The van der Waals surface area contributed by atoms with Crippen LogP contribution in [-0.2, 0) is 4.79 Å². The first-order valence-electron chi connectivity index (χ1n) is 4.02. The molecule has 0 amide bonds. The summed E-state index contributed by atoms with van der Waals surface area (Å²) in [6.45, 7) is 0. The van der Waals surface area contributed by atoms with Gasteiger partial charge in [0.15, 0.2) is 0 Å². The van der Waals surface area contributed by atoms with Crippen LogP contribution >= 0.6 is 0 Å². The third kappa shape index (κ3) is 2.34. The lowest BCUT2D eigenvalue weighted by Gasteiger charge is -2.15. The summed E-state index contributed by atoms with van der Waals surface area (Å²) in [5, 5.41) is 0. The van der Waals surface area contributed by atoms with E-state index in [0.717, 1.165) is 25.0 Å². The average molecular weight is 138 g/mol. The zero-order valence-electron chi connectivity index (χ0n) is 6.25. The van der Waals surface area contributed by atoms with Crippen molar-refractivity contribution in [2.75, 3.05) is 0 Å². The molecule has 1 aliphatic rings. The zero-order chi connectivity index (χ0) is 7.23. The van der Waals surface area contributed by atoms with Gasteiger partial charge in [-0.1, -0.05) is 12.2 Å². The van der Waals surface area contributed by atoms with E-state index in [0.29, 0.717) is 0 Å². The number of hydrogen-bond donors (Lipinski definition) is 0. The molecule has 1 heteroatoms. The van der Waals surface area contributed by atoms with Gasteiger partial charge in [-0.05, 0) is 31.6 Å². The molecule has 56 valence electrons. The molecular weight excluding hydrogens is 124 g/mol. The van der Waals surface area contributed by atoms with Crippen LogP contribution in [0.3, 0.4) is 0 Å². The minimum absolute atomic E-state index is 0.749. The molecule has 0 fully saturated rings. The maximum absolute atomic E-state index is 10.0. The molecule has 1 rings (SSSR count). The Morgan fingerprint density at radius 2 is 2.40 bits per heavy atom. The Hall–Kier alpha value is -0.590. The Bertz CT molecular complexity index is 127. The molecule has 0 aromatic carbocycles. The Kier molecular flexibility index (Phi) is 3.20. The average Bonchev–Trinajstić information content (AvgIpc) is 2.03. The number of hydrogen-bond acceptors (Lipinski definition) is 1. The smallest absolute Gasteiger partial charge is 0.120 e. The molecule has 0 saturated heterocycles. The normalized spacial score (nSPS) is 24.6. The highest BCUT2D eigenvalue weighted by Gasteiger charge is 2.07. The highest BCUT2D eigenvalue weighted by molar-refractivity contribution is 5.49. The van der Waals surface area contributed by atoms with Gasteiger partial charge in [0.2, 0.25) is 0 Å². The summed E-state index contributed by atoms with van der Waals surface area (Å²) >= 11 is 0. The minimum Gasteiger partial charge on any atom is -0.303 e. The van der Waals surface area contributed by atoms with E-state index >= 15 is 0 Å². The lowest BCUT2D eigenvalue weighted by molar-refractivity contribution is -0.108. The fraction of sp³-hybridized carbons (Fsp3) is 0.667. The van der Waals surface area contributed by atoms with Crippen molar-refractivity contribution in [3.05, 3.63) is 12.2 Å². The van der Waals surface area contributed by atoms with Crippen LogP contribution in [0.25, 0.3) is 0 Å². The van der Waals surface area contributed by atoms with Gasteiger partial charge in [-0.3, -0.25) is 0 Å². The van der Waals surface area contributed by atoms with Crippen molar-refractivity contribution >= 4 is 6.29 Å². The molecule has 0 saturated carbocycles. The maximum atomic E-state index is 10.0. The van der Waals surface area contributed by atoms with Crippen molar-refractivity contribution in [1.29, 1.82) is 0 Å². The third-order valence-corrected chi connectivity index (χ3v) is 2.07. The number of allylic oxidation sites excluding steroid dienone is 2. The van der Waals surface area contributed by atoms with Crippen molar-refractivity contribution in [2.24, 2.45) is 5.92 Å². The van der Waals surface area contributed by atoms with Gasteiger partial charge in [0.05, 0.1) is 0 Å². The highest BCUT2D eigenvalue weighted by atomic mass is 16.1. The second-order valence-corrected chi connectivity index (χ2v) is 2.89. The summed E-state index contributed by atoms with van der Waals surface area (Å²) in [6, 6.07) is 0. The van der Waals surface area contributed by atoms with Gasteiger partial charge in [0, 0.05) is 6.42 Å². The molecule has 1 atom stereocenters. The van der Waals surface area contributed by atoms with E-state index in [9.17, 15) is 4.79 Å². The lowest BCUT2D eigenvalue weighted by atomic mass is 9.91. The van der Waals surface area contributed by atoms with E-state index in [1.807, 2.05) is 0 Å². The van der Waals surface area contributed by atoms with Crippen LogP contribution in [0.1, 0.15) is 32.1 Å². The molecule has 0 N–H and O–H groups in total. The number of rotatable bonds is 3. The topological polar surface area (TPSA) is 17.1 Å². The van der Waals surface area contributed by atoms with Crippen molar-refractivity contribution in [1.82, 2.24) is 0 Å². The van der Waals surface area contributed by atoms with E-state index in [2.05, 4.69) is 12.2 Å². The van der Waals surface area contributed by atoms with Gasteiger partial charge in [0.1, 0.15) is 6.29 Å². The van der Waals surface area contributed by atoms with Crippen LogP contribution in [0.5, 0.6) is 0 Å². The molecule has 1 nitrogen and oxygen atoms in total. The standard InChI is InChI=1S/C9H14O/c10-8-4-7-9-5-2-1-3-6-9/h1-2,8-9H,3-7H2. The fourth-order valence-corrected chi connectivity index (χ4v) is 1.42. The molecule has 0 aromatic rings. The summed E-state index contributed by atoms with van der Waals surface area (Å²) in [6.07, 6.45) is 11.0. The van der Waals surface area contributed by atoms with E-state index in [1.165, 1.54) is 19.3 Å². The minimum atomic E-state index is 0.749. The molecule has 1 aliphatic carbocycles. The highest BCUT2D eigenvalue weighted by Crippen LogP contribution is 2.21. The largest absolute Gasteiger partial charge is 0.303 e. The van der Waals surface area contributed by atoms with E-state index in [-0.39, 0.29) is 0 Å². The number of carbonyl (C=O) groups excluding carboxylic acids is 1. The summed E-state index contributed by atoms with van der Waals surface area (Å²) < 4.78 is 0. The third-order valence-electron chi connectivity index (χ3n) is 2.07. The van der Waals surface area contributed by atoms with E-state index in [4.69, 9.17) is 0 Å². The molecule has 0 radical (unpaired) electrons. The molecule has 0 bridgehead atoms. The van der Waals surface area contributed by atoms with Gasteiger partial charge in [-0.2, -0.15) is 0 Å². The molecule has 1 unspecified atom stereocenters. The van der Waals surface area contributed by atoms with Crippen LogP contribution in [-0.4, -0.2) is 6.29 Å². The monoisotopic (exact) mass is 138 g/mol. The Labute approximate surface area is 62.1 Å². The molecule has 0 heterocycles. The second kappa shape index (κ2) is 4.26. The zero-order valence-corrected chi connectivity index (χ0v) is 6.25. The first kappa shape index (κ1) is 7.52. The maximum Gasteiger partial charge on any atom is 0.120 e. The molecule has 0 aromatic heterocycles. The molecule has 0 aliphatic heterocycles. The fourth-order valence-electron chi connectivity index (χ4n) is 1.42. The van der Waals surface area contributed by atoms with Crippen molar-refractivity contribution in [2.45, 2.75) is 32.1 Å². The second-order valence-electron chi connectivity index (χ2n) is 2.89. The Morgan fingerprint density at radius 1 is 1.50 bits per heavy atom. The van der Waals surface area contributed by atoms with Gasteiger partial charge in [-0.25, -0.2) is 0 Å². The summed E-state index contributed by atoms with van der Waals surface area (Å²) in [7, 11) is 0. The van der Waals surface area contributed by atoms with Crippen molar-refractivity contribution in [3.8, 4) is 0 Å². The van der Waals surface area contributed by atoms with Crippen LogP contribution in [0, 0.1) is 5.92 Å². The van der Waals surface area contributed by atoms with Crippen LogP contribution in [0.15, 0.2) is 12.2 Å². The Balaban J connectivity index is 2.15. The van der Waals surface area contributed by atoms with E-state index in [1.54, 1.807) is 0 Å². The van der Waals surface area contributed by atoms with Gasteiger partial charge in [0.25, 0.3) is 0 Å². The first-order chi connectivity index (χ1) is 4.93. The predicted molar refractivity (Wildman–Crippen MR) is 41.8 cm³/mol. The Morgan fingerprint density at radius 3 is 3.00 bits per heavy atom. The predicted octanol–water partition coefficient (Wildman–Crippen LogP) is 2.32. The SMILES string of the molecule is O=CCCC1CC=CCC1. The van der Waals surface area contributed by atoms with Gasteiger partial charge < -0.3 is 4.79 Å². The lowest BCUT2D eigenvalue weighted by Crippen LogP contribution is -2.02. The summed E-state index contributed by atoms with van der Waals surface area (Å²) in [5.74, 6) is 0.787. The molecule has 10 heavy (non-hydrogen) atoms.